The van der Waals surface area contributed by atoms with Gasteiger partial charge in [0.2, 0.25) is 0 Å². The van der Waals surface area contributed by atoms with Gasteiger partial charge in [0.05, 0.1) is 6.61 Å². The Morgan fingerprint density at radius 3 is 2.58 bits per heavy atom. The zero-order valence-corrected chi connectivity index (χ0v) is 10.9. The quantitative estimate of drug-likeness (QED) is 0.779. The topological polar surface area (TPSA) is 55.8 Å². The molecule has 1 amide bonds. The zero-order chi connectivity index (χ0) is 13.7. The van der Waals surface area contributed by atoms with Crippen molar-refractivity contribution in [2.45, 2.75) is 26.0 Å². The van der Waals surface area contributed by atoms with Gasteiger partial charge in [0, 0.05) is 6.54 Å². The average Bonchev–Trinajstić information content (AvgIpc) is 2.36. The molecule has 1 aromatic carbocycles. The van der Waals surface area contributed by atoms with Gasteiger partial charge in [-0.1, -0.05) is 30.3 Å². The van der Waals surface area contributed by atoms with E-state index in [1.54, 1.807) is 6.92 Å². The van der Waals surface area contributed by atoms with Crippen LogP contribution in [0.4, 0.5) is 4.79 Å². The first-order valence-corrected chi connectivity index (χ1v) is 6.36. The van der Waals surface area contributed by atoms with Gasteiger partial charge in [-0.25, -0.2) is 9.59 Å². The Morgan fingerprint density at radius 1 is 1.26 bits per heavy atom. The third-order valence-corrected chi connectivity index (χ3v) is 3.02. The van der Waals surface area contributed by atoms with Crippen LogP contribution in [0.25, 0.3) is 0 Å². The Morgan fingerprint density at radius 2 is 2.00 bits per heavy atom. The number of ether oxygens (including phenoxy) is 2. The fraction of sp³-hybridized carbons (Fsp3) is 0.429. The Hall–Kier alpha value is -2.04. The molecular formula is C14H17NO4. The minimum Gasteiger partial charge on any atom is -0.464 e. The number of likely N-dealkylation sites (tertiary alicyclic amines) is 1. The van der Waals surface area contributed by atoms with Crippen LogP contribution in [-0.2, 0) is 20.9 Å². The third kappa shape index (κ3) is 3.24. The number of esters is 1. The molecule has 0 bridgehead atoms. The van der Waals surface area contributed by atoms with E-state index >= 15 is 0 Å². The molecule has 1 aliphatic rings. The lowest BCUT2D eigenvalue weighted by Crippen LogP contribution is -2.55. The van der Waals surface area contributed by atoms with E-state index in [2.05, 4.69) is 0 Å². The van der Waals surface area contributed by atoms with E-state index in [-0.39, 0.29) is 12.6 Å². The molecule has 5 nitrogen and oxygen atoms in total. The lowest BCUT2D eigenvalue weighted by atomic mass is 10.0. The van der Waals surface area contributed by atoms with Crippen molar-refractivity contribution < 1.29 is 19.1 Å². The summed E-state index contributed by atoms with van der Waals surface area (Å²) in [5, 5.41) is 0. The molecule has 0 aliphatic carbocycles. The van der Waals surface area contributed by atoms with Gasteiger partial charge in [-0.2, -0.15) is 0 Å². The van der Waals surface area contributed by atoms with Gasteiger partial charge in [-0.05, 0) is 18.9 Å². The van der Waals surface area contributed by atoms with Crippen molar-refractivity contribution in [3.05, 3.63) is 35.9 Å². The van der Waals surface area contributed by atoms with Crippen molar-refractivity contribution >= 4 is 12.1 Å². The van der Waals surface area contributed by atoms with Crippen LogP contribution in [-0.4, -0.2) is 36.2 Å². The summed E-state index contributed by atoms with van der Waals surface area (Å²) in [5.41, 5.74) is 0.920. The van der Waals surface area contributed by atoms with Crippen LogP contribution in [0.3, 0.4) is 0 Å². The van der Waals surface area contributed by atoms with Crippen LogP contribution in [0.15, 0.2) is 30.3 Å². The second-order valence-electron chi connectivity index (χ2n) is 4.29. The largest absolute Gasteiger partial charge is 0.464 e. The maximum Gasteiger partial charge on any atom is 0.410 e. The van der Waals surface area contributed by atoms with E-state index in [0.29, 0.717) is 19.6 Å². The van der Waals surface area contributed by atoms with Gasteiger partial charge in [0.15, 0.2) is 0 Å². The maximum atomic E-state index is 11.8. The molecule has 0 spiro atoms. The molecule has 0 unspecified atom stereocenters. The second-order valence-corrected chi connectivity index (χ2v) is 4.29. The molecule has 0 radical (unpaired) electrons. The zero-order valence-electron chi connectivity index (χ0n) is 10.9. The summed E-state index contributed by atoms with van der Waals surface area (Å²) in [6, 6.07) is 8.95. The van der Waals surface area contributed by atoms with Crippen LogP contribution in [0.1, 0.15) is 18.9 Å². The predicted molar refractivity (Wildman–Crippen MR) is 68.4 cm³/mol. The molecule has 1 aromatic rings. The Balaban J connectivity index is 1.82. The van der Waals surface area contributed by atoms with Gasteiger partial charge in [0.1, 0.15) is 12.6 Å². The van der Waals surface area contributed by atoms with Crippen LogP contribution < -0.4 is 0 Å². The molecule has 0 N–H and O–H groups in total. The number of benzene rings is 1. The Kier molecular flexibility index (Phi) is 4.39. The van der Waals surface area contributed by atoms with E-state index in [9.17, 15) is 9.59 Å². The molecular weight excluding hydrogens is 246 g/mol. The maximum absolute atomic E-state index is 11.8. The lowest BCUT2D eigenvalue weighted by Gasteiger charge is -2.37. The Labute approximate surface area is 112 Å². The summed E-state index contributed by atoms with van der Waals surface area (Å²) >= 11 is 0. The first-order valence-electron chi connectivity index (χ1n) is 6.36. The molecule has 1 heterocycles. The van der Waals surface area contributed by atoms with Crippen molar-refractivity contribution in [1.82, 2.24) is 4.90 Å². The fourth-order valence-corrected chi connectivity index (χ4v) is 1.89. The van der Waals surface area contributed by atoms with E-state index in [1.165, 1.54) is 4.90 Å². The molecule has 2 rings (SSSR count). The number of carbonyl (C=O) groups is 2. The second kappa shape index (κ2) is 6.22. The fourth-order valence-electron chi connectivity index (χ4n) is 1.89. The molecule has 1 aliphatic heterocycles. The van der Waals surface area contributed by atoms with Crippen LogP contribution in [0.5, 0.6) is 0 Å². The first-order chi connectivity index (χ1) is 9.22. The molecule has 102 valence electrons. The SMILES string of the molecule is CCOC(=O)[C@@H]1CCN1C(=O)OCc1ccccc1. The summed E-state index contributed by atoms with van der Waals surface area (Å²) in [6.07, 6.45) is 0.173. The van der Waals surface area contributed by atoms with Crippen molar-refractivity contribution in [3.63, 3.8) is 0 Å². The molecule has 1 saturated heterocycles. The van der Waals surface area contributed by atoms with Gasteiger partial charge in [0.25, 0.3) is 0 Å². The van der Waals surface area contributed by atoms with Crippen molar-refractivity contribution in [2.24, 2.45) is 0 Å². The van der Waals surface area contributed by atoms with Crippen molar-refractivity contribution in [2.75, 3.05) is 13.2 Å². The minimum absolute atomic E-state index is 0.214. The molecule has 0 saturated carbocycles. The molecule has 19 heavy (non-hydrogen) atoms. The lowest BCUT2D eigenvalue weighted by molar-refractivity contribution is -0.153. The highest BCUT2D eigenvalue weighted by molar-refractivity contribution is 5.83. The highest BCUT2D eigenvalue weighted by Crippen LogP contribution is 2.20. The highest BCUT2D eigenvalue weighted by atomic mass is 16.6. The summed E-state index contributed by atoms with van der Waals surface area (Å²) in [4.78, 5) is 24.8. The number of hydrogen-bond donors (Lipinski definition) is 0. The Bertz CT molecular complexity index is 446. The van der Waals surface area contributed by atoms with Gasteiger partial charge in [-0.3, -0.25) is 4.90 Å². The number of carbonyl (C=O) groups excluding carboxylic acids is 2. The number of rotatable bonds is 4. The number of amides is 1. The van der Waals surface area contributed by atoms with Crippen LogP contribution >= 0.6 is 0 Å². The minimum atomic E-state index is -0.483. The van der Waals surface area contributed by atoms with Gasteiger partial charge in [-0.15, -0.1) is 0 Å². The average molecular weight is 263 g/mol. The molecule has 1 atom stereocenters. The summed E-state index contributed by atoms with van der Waals surface area (Å²) in [6.45, 7) is 2.82. The monoisotopic (exact) mass is 263 g/mol. The van der Waals surface area contributed by atoms with E-state index < -0.39 is 12.1 Å². The van der Waals surface area contributed by atoms with Crippen LogP contribution in [0, 0.1) is 0 Å². The van der Waals surface area contributed by atoms with Gasteiger partial charge < -0.3 is 9.47 Å². The van der Waals surface area contributed by atoms with Crippen LogP contribution in [0.2, 0.25) is 0 Å². The van der Waals surface area contributed by atoms with Gasteiger partial charge >= 0.3 is 12.1 Å². The number of nitrogens with zero attached hydrogens (tertiary/aromatic N) is 1. The third-order valence-electron chi connectivity index (χ3n) is 3.02. The first kappa shape index (κ1) is 13.4. The van der Waals surface area contributed by atoms with Crippen molar-refractivity contribution in [1.29, 1.82) is 0 Å². The molecule has 1 fully saturated rings. The van der Waals surface area contributed by atoms with E-state index in [0.717, 1.165) is 5.56 Å². The standard InChI is InChI=1S/C14H17NO4/c1-2-18-13(16)12-8-9-15(12)14(17)19-10-11-6-4-3-5-7-11/h3-7,12H,2,8-10H2,1H3/t12-/m0/s1. The van der Waals surface area contributed by atoms with Crippen molar-refractivity contribution in [3.8, 4) is 0 Å². The summed E-state index contributed by atoms with van der Waals surface area (Å²) in [5.74, 6) is -0.356. The smallest absolute Gasteiger partial charge is 0.410 e. The normalized spacial score (nSPS) is 17.5. The predicted octanol–water partition coefficient (Wildman–Crippen LogP) is 1.96. The molecule has 5 heteroatoms. The summed E-state index contributed by atoms with van der Waals surface area (Å²) in [7, 11) is 0. The highest BCUT2D eigenvalue weighted by Gasteiger charge is 2.39. The van der Waals surface area contributed by atoms with E-state index in [4.69, 9.17) is 9.47 Å². The number of hydrogen-bond acceptors (Lipinski definition) is 4. The van der Waals surface area contributed by atoms with E-state index in [1.807, 2.05) is 30.3 Å². The molecule has 0 aromatic heterocycles. The summed E-state index contributed by atoms with van der Waals surface area (Å²) < 4.78 is 10.1.